The Labute approximate surface area is 205 Å². The van der Waals surface area contributed by atoms with Crippen molar-refractivity contribution >= 4 is 28.8 Å². The summed E-state index contributed by atoms with van der Waals surface area (Å²) in [7, 11) is 1.61. The first-order valence-corrected chi connectivity index (χ1v) is 12.8. The minimum atomic E-state index is -0.795. The molecule has 1 heterocycles. The third-order valence-electron chi connectivity index (χ3n) is 6.42. The van der Waals surface area contributed by atoms with Gasteiger partial charge in [-0.1, -0.05) is 56.2 Å². The standard InChI is InChI=1S/C28H32N2O3S/c1-3-20-10-4-7-16-25(20)30(26(31)19-24-15-9-17-34-24)27(21-11-8-14-23(18-21)33-2)28(32)29-22-12-5-6-13-22/h4,7-11,14-18,22,27H,3,5-6,12-13,19H2,1-2H3,(H,29,32)/t27-/m1/s1. The van der Waals surface area contributed by atoms with Crippen molar-refractivity contribution in [3.05, 3.63) is 82.0 Å². The molecule has 3 aromatic rings. The van der Waals surface area contributed by atoms with Gasteiger partial charge in [0.1, 0.15) is 11.8 Å². The number of rotatable bonds is 9. The minimum absolute atomic E-state index is 0.0993. The predicted octanol–water partition coefficient (Wildman–Crippen LogP) is 5.69. The van der Waals surface area contributed by atoms with Crippen LogP contribution in [0.3, 0.4) is 0 Å². The molecule has 1 aliphatic rings. The summed E-state index contributed by atoms with van der Waals surface area (Å²) in [6, 6.07) is 18.6. The maximum Gasteiger partial charge on any atom is 0.248 e. The molecule has 0 bridgehead atoms. The number of ether oxygens (including phenoxy) is 1. The van der Waals surface area contributed by atoms with Crippen molar-refractivity contribution in [1.29, 1.82) is 0 Å². The molecule has 4 rings (SSSR count). The van der Waals surface area contributed by atoms with Gasteiger partial charge >= 0.3 is 0 Å². The molecule has 1 saturated carbocycles. The topological polar surface area (TPSA) is 58.6 Å². The van der Waals surface area contributed by atoms with E-state index in [4.69, 9.17) is 4.74 Å². The number of hydrogen-bond acceptors (Lipinski definition) is 4. The fraction of sp³-hybridized carbons (Fsp3) is 0.357. The normalized spacial score (nSPS) is 14.5. The van der Waals surface area contributed by atoms with Gasteiger partial charge in [-0.3, -0.25) is 14.5 Å². The van der Waals surface area contributed by atoms with Gasteiger partial charge in [-0.25, -0.2) is 0 Å². The van der Waals surface area contributed by atoms with Gasteiger partial charge in [0.15, 0.2) is 0 Å². The number of carbonyl (C=O) groups excluding carboxylic acids is 2. The van der Waals surface area contributed by atoms with E-state index in [1.807, 2.05) is 66.0 Å². The van der Waals surface area contributed by atoms with Crippen LogP contribution in [0.15, 0.2) is 66.0 Å². The second kappa shape index (κ2) is 11.3. The molecule has 34 heavy (non-hydrogen) atoms. The summed E-state index contributed by atoms with van der Waals surface area (Å²) in [5.74, 6) is 0.411. The van der Waals surface area contributed by atoms with E-state index < -0.39 is 6.04 Å². The van der Waals surface area contributed by atoms with Crippen LogP contribution in [0, 0.1) is 0 Å². The second-order valence-corrected chi connectivity index (χ2v) is 9.70. The highest BCUT2D eigenvalue weighted by molar-refractivity contribution is 7.10. The van der Waals surface area contributed by atoms with E-state index in [-0.39, 0.29) is 24.3 Å². The Balaban J connectivity index is 1.81. The van der Waals surface area contributed by atoms with Crippen molar-refractivity contribution in [3.8, 4) is 5.75 Å². The molecule has 2 amide bonds. The molecular weight excluding hydrogens is 444 g/mol. The number of methoxy groups -OCH3 is 1. The zero-order chi connectivity index (χ0) is 23.9. The number of nitrogens with zero attached hydrogens (tertiary/aromatic N) is 1. The van der Waals surface area contributed by atoms with E-state index in [1.165, 1.54) is 0 Å². The third kappa shape index (κ3) is 5.50. The number of aryl methyl sites for hydroxylation is 1. The smallest absolute Gasteiger partial charge is 0.248 e. The summed E-state index contributed by atoms with van der Waals surface area (Å²) < 4.78 is 5.46. The monoisotopic (exact) mass is 476 g/mol. The molecule has 178 valence electrons. The molecule has 0 aliphatic heterocycles. The highest BCUT2D eigenvalue weighted by Gasteiger charge is 2.35. The summed E-state index contributed by atoms with van der Waals surface area (Å²) in [5.41, 5.74) is 2.55. The van der Waals surface area contributed by atoms with Gasteiger partial charge in [-0.2, -0.15) is 0 Å². The fourth-order valence-electron chi connectivity index (χ4n) is 4.69. The van der Waals surface area contributed by atoms with Crippen molar-refractivity contribution < 1.29 is 14.3 Å². The van der Waals surface area contributed by atoms with Crippen LogP contribution in [0.25, 0.3) is 0 Å². The molecule has 1 aliphatic carbocycles. The molecule has 0 unspecified atom stereocenters. The SMILES string of the molecule is CCc1ccccc1N(C(=O)Cc1cccs1)[C@@H](C(=O)NC1CCCC1)c1cccc(OC)c1. The first-order chi connectivity index (χ1) is 16.6. The molecule has 2 aromatic carbocycles. The van der Waals surface area contributed by atoms with Gasteiger partial charge < -0.3 is 10.1 Å². The number of nitrogens with one attached hydrogen (secondary N) is 1. The lowest BCUT2D eigenvalue weighted by Crippen LogP contribution is -2.47. The molecule has 1 atom stereocenters. The molecule has 6 heteroatoms. The maximum absolute atomic E-state index is 13.9. The average Bonchev–Trinajstić information content (AvgIpc) is 3.57. The van der Waals surface area contributed by atoms with E-state index in [0.29, 0.717) is 5.75 Å². The summed E-state index contributed by atoms with van der Waals surface area (Å²) in [6.07, 6.45) is 5.19. The molecule has 0 spiro atoms. The zero-order valence-electron chi connectivity index (χ0n) is 19.8. The van der Waals surface area contributed by atoms with Crippen molar-refractivity contribution in [1.82, 2.24) is 5.32 Å². The lowest BCUT2D eigenvalue weighted by Gasteiger charge is -2.33. The van der Waals surface area contributed by atoms with Crippen LogP contribution < -0.4 is 15.0 Å². The number of anilines is 1. The second-order valence-electron chi connectivity index (χ2n) is 8.67. The molecule has 1 N–H and O–H groups in total. The van der Waals surface area contributed by atoms with Crippen LogP contribution in [0.4, 0.5) is 5.69 Å². The van der Waals surface area contributed by atoms with Gasteiger partial charge in [0.25, 0.3) is 0 Å². The molecule has 0 radical (unpaired) electrons. The lowest BCUT2D eigenvalue weighted by atomic mass is 9.99. The quantitative estimate of drug-likeness (QED) is 0.431. The average molecular weight is 477 g/mol. The molecule has 5 nitrogen and oxygen atoms in total. The number of thiophene rings is 1. The van der Waals surface area contributed by atoms with Crippen LogP contribution in [-0.4, -0.2) is 25.0 Å². The van der Waals surface area contributed by atoms with Gasteiger partial charge in [-0.05, 0) is 60.0 Å². The van der Waals surface area contributed by atoms with Crippen LogP contribution in [0.5, 0.6) is 5.75 Å². The van der Waals surface area contributed by atoms with Gasteiger partial charge in [0, 0.05) is 16.6 Å². The van der Waals surface area contributed by atoms with E-state index in [0.717, 1.165) is 53.8 Å². The fourth-order valence-corrected chi connectivity index (χ4v) is 5.39. The highest BCUT2D eigenvalue weighted by Crippen LogP contribution is 2.34. The summed E-state index contributed by atoms with van der Waals surface area (Å²) in [6.45, 7) is 2.07. The Morgan fingerprint density at radius 1 is 1.09 bits per heavy atom. The van der Waals surface area contributed by atoms with Crippen LogP contribution in [0.1, 0.15) is 54.7 Å². The Kier molecular flexibility index (Phi) is 8.01. The van der Waals surface area contributed by atoms with E-state index in [1.54, 1.807) is 23.3 Å². The maximum atomic E-state index is 13.9. The molecular formula is C28H32N2O3S. The lowest BCUT2D eigenvalue weighted by molar-refractivity contribution is -0.127. The van der Waals surface area contributed by atoms with Gasteiger partial charge in [-0.15, -0.1) is 11.3 Å². The van der Waals surface area contributed by atoms with E-state index in [9.17, 15) is 9.59 Å². The Morgan fingerprint density at radius 2 is 1.88 bits per heavy atom. The number of hydrogen-bond donors (Lipinski definition) is 1. The van der Waals surface area contributed by atoms with Crippen molar-refractivity contribution in [2.45, 2.75) is 57.5 Å². The number of para-hydroxylation sites is 1. The van der Waals surface area contributed by atoms with Gasteiger partial charge in [0.05, 0.1) is 13.5 Å². The highest BCUT2D eigenvalue weighted by atomic mass is 32.1. The summed E-state index contributed by atoms with van der Waals surface area (Å²) in [4.78, 5) is 30.5. The van der Waals surface area contributed by atoms with Crippen LogP contribution in [0.2, 0.25) is 0 Å². The number of benzene rings is 2. The first-order valence-electron chi connectivity index (χ1n) is 12.0. The number of amides is 2. The van der Waals surface area contributed by atoms with Crippen LogP contribution in [-0.2, 0) is 22.4 Å². The van der Waals surface area contributed by atoms with E-state index >= 15 is 0 Å². The zero-order valence-corrected chi connectivity index (χ0v) is 20.6. The Morgan fingerprint density at radius 3 is 2.59 bits per heavy atom. The van der Waals surface area contributed by atoms with Gasteiger partial charge in [0.2, 0.25) is 11.8 Å². The Hall–Kier alpha value is -3.12. The van der Waals surface area contributed by atoms with Crippen molar-refractivity contribution in [3.63, 3.8) is 0 Å². The Bertz CT molecular complexity index is 1110. The van der Waals surface area contributed by atoms with Crippen molar-refractivity contribution in [2.24, 2.45) is 0 Å². The van der Waals surface area contributed by atoms with E-state index in [2.05, 4.69) is 12.2 Å². The summed E-state index contributed by atoms with van der Waals surface area (Å²) in [5, 5.41) is 5.22. The molecule has 1 fully saturated rings. The summed E-state index contributed by atoms with van der Waals surface area (Å²) >= 11 is 1.55. The molecule has 1 aromatic heterocycles. The van der Waals surface area contributed by atoms with Crippen LogP contribution >= 0.6 is 11.3 Å². The number of carbonyl (C=O) groups is 2. The largest absolute Gasteiger partial charge is 0.497 e. The predicted molar refractivity (Wildman–Crippen MR) is 137 cm³/mol. The molecule has 0 saturated heterocycles. The van der Waals surface area contributed by atoms with Crippen molar-refractivity contribution in [2.75, 3.05) is 12.0 Å². The third-order valence-corrected chi connectivity index (χ3v) is 7.30. The first kappa shape index (κ1) is 24.0. The minimum Gasteiger partial charge on any atom is -0.497 e.